The Morgan fingerprint density at radius 2 is 2.08 bits per heavy atom. The van der Waals surface area contributed by atoms with Crippen molar-refractivity contribution in [2.24, 2.45) is 5.92 Å². The minimum absolute atomic E-state index is 0.138. The van der Waals surface area contributed by atoms with Crippen LogP contribution in [0.5, 0.6) is 0 Å². The van der Waals surface area contributed by atoms with Gasteiger partial charge in [0, 0.05) is 18.0 Å². The monoisotopic (exact) mass is 187 g/mol. The lowest BCUT2D eigenvalue weighted by Crippen LogP contribution is -2.57. The Bertz CT molecular complexity index is 228. The van der Waals surface area contributed by atoms with Crippen LogP contribution in [0, 0.1) is 5.92 Å². The number of hydrogen-bond donors (Lipinski definition) is 3. The van der Waals surface area contributed by atoms with E-state index >= 15 is 0 Å². The molecule has 3 nitrogen and oxygen atoms in total. The number of piperidine rings is 1. The van der Waals surface area contributed by atoms with Gasteiger partial charge in [-0.1, -0.05) is 0 Å². The van der Waals surface area contributed by atoms with Gasteiger partial charge in [-0.15, -0.1) is 0 Å². The highest BCUT2D eigenvalue weighted by Crippen LogP contribution is 2.46. The molecule has 1 saturated carbocycles. The summed E-state index contributed by atoms with van der Waals surface area (Å²) in [6.45, 7) is 0.401. The largest absolute Gasteiger partial charge is 0.390 e. The topological polar surface area (TPSA) is 52.5 Å². The molecule has 3 N–H and O–H groups in total. The molecule has 1 spiro atoms. The zero-order valence-electron chi connectivity index (χ0n) is 7.28. The molecule has 0 bridgehead atoms. The van der Waals surface area contributed by atoms with E-state index in [0.29, 0.717) is 12.9 Å². The number of nitrogens with one attached hydrogen (secondary N) is 1. The predicted octanol–water partition coefficient (Wildman–Crippen LogP) is -0.0566. The van der Waals surface area contributed by atoms with Gasteiger partial charge in [-0.3, -0.25) is 0 Å². The van der Waals surface area contributed by atoms with Gasteiger partial charge in [-0.05, 0) is 18.9 Å². The maximum atomic E-state index is 12.0. The van der Waals surface area contributed by atoms with Gasteiger partial charge in [0.05, 0.1) is 18.5 Å². The van der Waals surface area contributed by atoms with Crippen LogP contribution in [-0.4, -0.2) is 34.5 Å². The third-order valence-corrected chi connectivity index (χ3v) is 3.13. The van der Waals surface area contributed by atoms with Gasteiger partial charge >= 0.3 is 0 Å². The first-order valence-corrected chi connectivity index (χ1v) is 4.58. The number of hydrogen-bond acceptors (Lipinski definition) is 3. The van der Waals surface area contributed by atoms with Gasteiger partial charge in [0.25, 0.3) is 0 Å². The maximum Gasteiger partial charge on any atom is 0.0929 e. The lowest BCUT2D eigenvalue weighted by molar-refractivity contribution is -0.0424. The third-order valence-electron chi connectivity index (χ3n) is 3.13. The van der Waals surface area contributed by atoms with E-state index in [1.807, 2.05) is 0 Å². The van der Waals surface area contributed by atoms with Crippen molar-refractivity contribution in [2.45, 2.75) is 30.6 Å². The van der Waals surface area contributed by atoms with Crippen molar-refractivity contribution in [2.75, 3.05) is 6.54 Å². The van der Waals surface area contributed by atoms with E-state index in [9.17, 15) is 14.6 Å². The van der Waals surface area contributed by atoms with Crippen LogP contribution < -0.4 is 5.32 Å². The molecule has 4 heteroatoms. The van der Waals surface area contributed by atoms with Crippen LogP contribution >= 0.6 is 0 Å². The Hall–Kier alpha value is -0.450. The summed E-state index contributed by atoms with van der Waals surface area (Å²) in [4.78, 5) is 0. The minimum Gasteiger partial charge on any atom is -0.390 e. The third kappa shape index (κ3) is 1.39. The molecule has 0 radical (unpaired) electrons. The fourth-order valence-corrected chi connectivity index (χ4v) is 2.13. The van der Waals surface area contributed by atoms with Crippen LogP contribution in [0.4, 0.5) is 4.39 Å². The fourth-order valence-electron chi connectivity index (χ4n) is 2.13. The van der Waals surface area contributed by atoms with E-state index in [-0.39, 0.29) is 11.5 Å². The van der Waals surface area contributed by atoms with Crippen molar-refractivity contribution < 1.29 is 14.6 Å². The molecule has 3 atom stereocenters. The second-order valence-electron chi connectivity index (χ2n) is 3.94. The highest BCUT2D eigenvalue weighted by molar-refractivity contribution is 5.17. The number of rotatable bonds is 1. The Balaban J connectivity index is 2.15. The molecular weight excluding hydrogens is 173 g/mol. The molecule has 2 rings (SSSR count). The van der Waals surface area contributed by atoms with E-state index in [4.69, 9.17) is 0 Å². The van der Waals surface area contributed by atoms with Crippen LogP contribution in [-0.2, 0) is 0 Å². The normalized spacial score (nSPS) is 42.8. The second-order valence-corrected chi connectivity index (χ2v) is 3.94. The highest BCUT2D eigenvalue weighted by Gasteiger charge is 2.54. The van der Waals surface area contributed by atoms with Gasteiger partial charge in [-0.2, -0.15) is 0 Å². The SMILES string of the molecule is OC1CNC2(CC2)C(/C=C/F)C1O. The van der Waals surface area contributed by atoms with E-state index < -0.39 is 12.2 Å². The van der Waals surface area contributed by atoms with Gasteiger partial charge in [0.1, 0.15) is 0 Å². The van der Waals surface area contributed by atoms with Crippen LogP contribution in [0.1, 0.15) is 12.8 Å². The Morgan fingerprint density at radius 3 is 2.62 bits per heavy atom. The summed E-state index contributed by atoms with van der Waals surface area (Å²) in [7, 11) is 0. The zero-order valence-corrected chi connectivity index (χ0v) is 7.28. The smallest absolute Gasteiger partial charge is 0.0929 e. The van der Waals surface area contributed by atoms with Crippen molar-refractivity contribution in [1.29, 1.82) is 0 Å². The summed E-state index contributed by atoms with van der Waals surface area (Å²) in [6, 6.07) is 0. The van der Waals surface area contributed by atoms with Crippen molar-refractivity contribution >= 4 is 0 Å². The first-order valence-electron chi connectivity index (χ1n) is 4.58. The van der Waals surface area contributed by atoms with Crippen molar-refractivity contribution in [3.8, 4) is 0 Å². The van der Waals surface area contributed by atoms with Crippen LogP contribution in [0.25, 0.3) is 0 Å². The summed E-state index contributed by atoms with van der Waals surface area (Å²) in [5.41, 5.74) is -0.138. The molecule has 13 heavy (non-hydrogen) atoms. The number of β-amino-alcohol motifs (C(OH)–C–C–N with tert-alkyl or cyclic N) is 1. The zero-order chi connectivity index (χ0) is 9.47. The molecule has 2 fully saturated rings. The van der Waals surface area contributed by atoms with E-state index in [0.717, 1.165) is 12.8 Å². The quantitative estimate of drug-likeness (QED) is 0.539. The van der Waals surface area contributed by atoms with Gasteiger partial charge in [0.15, 0.2) is 0 Å². The summed E-state index contributed by atoms with van der Waals surface area (Å²) >= 11 is 0. The molecule has 0 aromatic carbocycles. The summed E-state index contributed by atoms with van der Waals surface area (Å²) in [6.07, 6.45) is 2.07. The standard InChI is InChI=1S/C9H14FNO2/c10-4-1-6-8(13)7(12)5-11-9(6)2-3-9/h1,4,6-8,11-13H,2-3,5H2/b4-1+. The molecule has 3 unspecified atom stereocenters. The molecule has 2 aliphatic rings. The second kappa shape index (κ2) is 3.04. The summed E-state index contributed by atoms with van der Waals surface area (Å²) < 4.78 is 12.0. The van der Waals surface area contributed by atoms with Crippen LogP contribution in [0.2, 0.25) is 0 Å². The summed E-state index contributed by atoms with van der Waals surface area (Å²) in [5, 5.41) is 22.2. The number of aliphatic hydroxyl groups excluding tert-OH is 2. The minimum atomic E-state index is -0.837. The maximum absolute atomic E-state index is 12.0. The van der Waals surface area contributed by atoms with Gasteiger partial charge < -0.3 is 15.5 Å². The van der Waals surface area contributed by atoms with E-state index in [1.165, 1.54) is 6.08 Å². The molecular formula is C9H14FNO2. The van der Waals surface area contributed by atoms with Gasteiger partial charge in [0.2, 0.25) is 0 Å². The lowest BCUT2D eigenvalue weighted by atomic mass is 9.84. The average molecular weight is 187 g/mol. The van der Waals surface area contributed by atoms with Crippen LogP contribution in [0.3, 0.4) is 0 Å². The Labute approximate surface area is 76.3 Å². The summed E-state index contributed by atoms with van der Waals surface area (Å²) in [5.74, 6) is -0.291. The molecule has 0 aromatic rings. The molecule has 74 valence electrons. The highest BCUT2D eigenvalue weighted by atomic mass is 19.1. The van der Waals surface area contributed by atoms with Crippen LogP contribution in [0.15, 0.2) is 12.4 Å². The predicted molar refractivity (Wildman–Crippen MR) is 45.7 cm³/mol. The molecule has 0 amide bonds. The molecule has 0 aromatic heterocycles. The molecule has 1 heterocycles. The van der Waals surface area contributed by atoms with Gasteiger partial charge in [-0.25, -0.2) is 4.39 Å². The first-order chi connectivity index (χ1) is 6.19. The van der Waals surface area contributed by atoms with Crippen molar-refractivity contribution in [1.82, 2.24) is 5.32 Å². The molecule has 1 saturated heterocycles. The van der Waals surface area contributed by atoms with Crippen molar-refractivity contribution in [3.63, 3.8) is 0 Å². The fraction of sp³-hybridized carbons (Fsp3) is 0.778. The first kappa shape index (κ1) is 9.12. The Morgan fingerprint density at radius 1 is 1.38 bits per heavy atom. The van der Waals surface area contributed by atoms with Crippen molar-refractivity contribution in [3.05, 3.63) is 12.4 Å². The number of aliphatic hydroxyl groups is 2. The molecule has 1 aliphatic heterocycles. The Kier molecular flexibility index (Phi) is 2.14. The van der Waals surface area contributed by atoms with E-state index in [2.05, 4.69) is 5.32 Å². The lowest BCUT2D eigenvalue weighted by Gasteiger charge is -2.38. The average Bonchev–Trinajstić information content (AvgIpc) is 2.88. The number of halogens is 1. The van der Waals surface area contributed by atoms with E-state index in [1.54, 1.807) is 0 Å². The molecule has 1 aliphatic carbocycles.